The molecule has 0 aliphatic heterocycles. The van der Waals surface area contributed by atoms with Gasteiger partial charge in [0.2, 0.25) is 0 Å². The van der Waals surface area contributed by atoms with Gasteiger partial charge >= 0.3 is 0 Å². The normalized spacial score (nSPS) is 11.0. The predicted octanol–water partition coefficient (Wildman–Crippen LogP) is 4.91. The average Bonchev–Trinajstić information content (AvgIpc) is 3.08. The molecule has 0 radical (unpaired) electrons. The molecule has 0 spiro atoms. The molecule has 26 heavy (non-hydrogen) atoms. The number of methoxy groups -OCH3 is 1. The summed E-state index contributed by atoms with van der Waals surface area (Å²) in [5.41, 5.74) is 3.59. The van der Waals surface area contributed by atoms with Crippen molar-refractivity contribution in [2.24, 2.45) is 0 Å². The molecule has 0 unspecified atom stereocenters. The van der Waals surface area contributed by atoms with Gasteiger partial charge in [-0.15, -0.1) is 22.0 Å². The number of aryl methyl sites for hydroxylation is 1. The van der Waals surface area contributed by atoms with Crippen LogP contribution in [0.25, 0.3) is 11.4 Å². The first-order valence-electron chi connectivity index (χ1n) is 8.46. The number of hydrogen-bond acceptors (Lipinski definition) is 5. The monoisotopic (exact) mass is 385 g/mol. The maximum absolute atomic E-state index is 5.29. The Bertz CT molecular complexity index is 847. The highest BCUT2D eigenvalue weighted by Crippen LogP contribution is 2.27. The topological polar surface area (TPSA) is 39.9 Å². The lowest BCUT2D eigenvalue weighted by atomic mass is 10.1. The minimum atomic E-state index is 0.632. The third-order valence-electron chi connectivity index (χ3n) is 4.04. The van der Waals surface area contributed by atoms with Crippen molar-refractivity contribution in [2.45, 2.75) is 29.3 Å². The van der Waals surface area contributed by atoms with E-state index in [9.17, 15) is 0 Å². The van der Waals surface area contributed by atoms with E-state index in [0.717, 1.165) is 28.8 Å². The number of hydrogen-bond donors (Lipinski definition) is 0. The molecular formula is C20H23N3OS2. The Balaban J connectivity index is 1.81. The minimum absolute atomic E-state index is 0.632. The van der Waals surface area contributed by atoms with Gasteiger partial charge < -0.3 is 4.74 Å². The van der Waals surface area contributed by atoms with Crippen LogP contribution in [0, 0.1) is 6.92 Å². The average molecular weight is 386 g/mol. The molecule has 1 aromatic heterocycles. The van der Waals surface area contributed by atoms with Crippen LogP contribution in [0.4, 0.5) is 0 Å². The summed E-state index contributed by atoms with van der Waals surface area (Å²) in [6.45, 7) is 3.46. The van der Waals surface area contributed by atoms with E-state index < -0.39 is 0 Å². The standard InChI is InChI=1S/C20H23N3OS2/c1-15-5-4-6-17(13-15)19-21-22-20(23(19)11-12-24-2)26-14-16-7-9-18(25-3)10-8-16/h4-10,13H,11-12,14H2,1-3H3. The molecular weight excluding hydrogens is 362 g/mol. The Kier molecular flexibility index (Phi) is 6.77. The number of ether oxygens (including phenoxy) is 1. The van der Waals surface area contributed by atoms with Crippen molar-refractivity contribution in [3.8, 4) is 11.4 Å². The summed E-state index contributed by atoms with van der Waals surface area (Å²) in [6.07, 6.45) is 2.09. The van der Waals surface area contributed by atoms with Crippen LogP contribution in [0.2, 0.25) is 0 Å². The first-order chi connectivity index (χ1) is 12.7. The maximum Gasteiger partial charge on any atom is 0.191 e. The molecule has 0 N–H and O–H groups in total. The van der Waals surface area contributed by atoms with Crippen LogP contribution < -0.4 is 0 Å². The third kappa shape index (κ3) is 4.69. The van der Waals surface area contributed by atoms with Crippen molar-refractivity contribution in [2.75, 3.05) is 20.0 Å². The number of rotatable bonds is 8. The van der Waals surface area contributed by atoms with Gasteiger partial charge in [0.25, 0.3) is 0 Å². The van der Waals surface area contributed by atoms with Crippen LogP contribution >= 0.6 is 23.5 Å². The van der Waals surface area contributed by atoms with Crippen molar-refractivity contribution in [3.05, 3.63) is 59.7 Å². The van der Waals surface area contributed by atoms with Gasteiger partial charge in [0.15, 0.2) is 11.0 Å². The van der Waals surface area contributed by atoms with Crippen molar-refractivity contribution >= 4 is 23.5 Å². The molecule has 6 heteroatoms. The highest BCUT2D eigenvalue weighted by Gasteiger charge is 2.14. The molecule has 0 saturated carbocycles. The Morgan fingerprint density at radius 2 is 1.88 bits per heavy atom. The smallest absolute Gasteiger partial charge is 0.191 e. The fraction of sp³-hybridized carbons (Fsp3) is 0.300. The van der Waals surface area contributed by atoms with Crippen LogP contribution in [-0.4, -0.2) is 34.7 Å². The van der Waals surface area contributed by atoms with E-state index in [4.69, 9.17) is 4.74 Å². The predicted molar refractivity (Wildman–Crippen MR) is 110 cm³/mol. The Labute approximate surface area is 163 Å². The lowest BCUT2D eigenvalue weighted by Crippen LogP contribution is -2.07. The van der Waals surface area contributed by atoms with Gasteiger partial charge in [0.1, 0.15) is 0 Å². The van der Waals surface area contributed by atoms with Crippen molar-refractivity contribution in [1.29, 1.82) is 0 Å². The molecule has 3 aromatic rings. The summed E-state index contributed by atoms with van der Waals surface area (Å²) < 4.78 is 7.44. The second kappa shape index (κ2) is 9.26. The molecule has 0 fully saturated rings. The highest BCUT2D eigenvalue weighted by molar-refractivity contribution is 7.98. The zero-order chi connectivity index (χ0) is 18.4. The second-order valence-corrected chi connectivity index (χ2v) is 7.78. The molecule has 3 rings (SSSR count). The maximum atomic E-state index is 5.29. The molecule has 0 atom stereocenters. The summed E-state index contributed by atoms with van der Waals surface area (Å²) in [7, 11) is 1.72. The summed E-state index contributed by atoms with van der Waals surface area (Å²) in [4.78, 5) is 1.28. The van der Waals surface area contributed by atoms with Gasteiger partial charge in [-0.25, -0.2) is 0 Å². The lowest BCUT2D eigenvalue weighted by molar-refractivity contribution is 0.185. The number of benzene rings is 2. The van der Waals surface area contributed by atoms with Gasteiger partial charge in [-0.1, -0.05) is 47.7 Å². The number of thioether (sulfide) groups is 2. The van der Waals surface area contributed by atoms with E-state index in [1.54, 1.807) is 30.6 Å². The second-order valence-electron chi connectivity index (χ2n) is 5.96. The molecule has 0 amide bonds. The SMILES string of the molecule is COCCn1c(SCc2ccc(SC)cc2)nnc1-c1cccc(C)c1. The van der Waals surface area contributed by atoms with Gasteiger partial charge in [-0.05, 0) is 36.9 Å². The molecule has 136 valence electrons. The van der Waals surface area contributed by atoms with Crippen LogP contribution in [0.5, 0.6) is 0 Å². The quantitative estimate of drug-likeness (QED) is 0.515. The minimum Gasteiger partial charge on any atom is -0.383 e. The van der Waals surface area contributed by atoms with Crippen LogP contribution in [-0.2, 0) is 17.0 Å². The van der Waals surface area contributed by atoms with Gasteiger partial charge in [-0.3, -0.25) is 4.57 Å². The van der Waals surface area contributed by atoms with E-state index in [0.29, 0.717) is 6.61 Å². The van der Waals surface area contributed by atoms with Crippen molar-refractivity contribution in [1.82, 2.24) is 14.8 Å². The Morgan fingerprint density at radius 1 is 1.08 bits per heavy atom. The van der Waals surface area contributed by atoms with Crippen molar-refractivity contribution in [3.63, 3.8) is 0 Å². The zero-order valence-corrected chi connectivity index (χ0v) is 16.9. The number of aromatic nitrogens is 3. The number of nitrogens with zero attached hydrogens (tertiary/aromatic N) is 3. The summed E-state index contributed by atoms with van der Waals surface area (Å²) in [6, 6.07) is 17.0. The van der Waals surface area contributed by atoms with Crippen molar-refractivity contribution < 1.29 is 4.74 Å². The summed E-state index contributed by atoms with van der Waals surface area (Å²) >= 11 is 3.47. The first-order valence-corrected chi connectivity index (χ1v) is 10.7. The Hall–Kier alpha value is -1.76. The van der Waals surface area contributed by atoms with Crippen LogP contribution in [0.3, 0.4) is 0 Å². The Morgan fingerprint density at radius 3 is 2.58 bits per heavy atom. The first kappa shape index (κ1) is 19.0. The fourth-order valence-corrected chi connectivity index (χ4v) is 3.98. The zero-order valence-electron chi connectivity index (χ0n) is 15.3. The molecule has 0 saturated heterocycles. The van der Waals surface area contributed by atoms with E-state index in [-0.39, 0.29) is 0 Å². The summed E-state index contributed by atoms with van der Waals surface area (Å²) in [5, 5.41) is 9.82. The third-order valence-corrected chi connectivity index (χ3v) is 5.82. The van der Waals surface area contributed by atoms with E-state index in [1.807, 2.05) is 0 Å². The largest absolute Gasteiger partial charge is 0.383 e. The van der Waals surface area contributed by atoms with Gasteiger partial charge in [0, 0.05) is 23.3 Å². The molecule has 4 nitrogen and oxygen atoms in total. The van der Waals surface area contributed by atoms with Gasteiger partial charge in [-0.2, -0.15) is 0 Å². The highest BCUT2D eigenvalue weighted by atomic mass is 32.2. The molecule has 0 aliphatic carbocycles. The van der Waals surface area contributed by atoms with E-state index in [1.165, 1.54) is 16.0 Å². The fourth-order valence-electron chi connectivity index (χ4n) is 2.65. The molecule has 2 aromatic carbocycles. The summed E-state index contributed by atoms with van der Waals surface area (Å²) in [5.74, 6) is 1.76. The molecule has 0 aliphatic rings. The van der Waals surface area contributed by atoms with E-state index in [2.05, 4.69) is 76.5 Å². The molecule has 0 bridgehead atoms. The van der Waals surface area contributed by atoms with E-state index >= 15 is 0 Å². The lowest BCUT2D eigenvalue weighted by Gasteiger charge is -2.10. The molecule has 1 heterocycles. The van der Waals surface area contributed by atoms with Crippen LogP contribution in [0.1, 0.15) is 11.1 Å². The van der Waals surface area contributed by atoms with Gasteiger partial charge in [0.05, 0.1) is 13.2 Å². The van der Waals surface area contributed by atoms with Crippen LogP contribution in [0.15, 0.2) is 58.6 Å².